The Morgan fingerprint density at radius 1 is 1.19 bits per heavy atom. The van der Waals surface area contributed by atoms with Gasteiger partial charge in [0.15, 0.2) is 4.34 Å². The number of thioether (sulfide) groups is 1. The van der Waals surface area contributed by atoms with E-state index in [0.717, 1.165) is 30.8 Å². The second-order valence-corrected chi connectivity index (χ2v) is 8.98. The standard InChI is InChI=1S/C19H16N4OS3/c1-12(18-22-15(10-25-18)13-6-8-20-9-7-13)21-17(24)11-26-19-23-14-4-2-3-5-16(14)27-19/h2-10,12H,11H2,1H3,(H,21,24). The van der Waals surface area contributed by atoms with Crippen LogP contribution >= 0.6 is 34.4 Å². The molecule has 0 aliphatic heterocycles. The van der Waals surface area contributed by atoms with Crippen LogP contribution < -0.4 is 5.32 Å². The van der Waals surface area contributed by atoms with Crippen molar-refractivity contribution in [2.24, 2.45) is 0 Å². The van der Waals surface area contributed by atoms with Gasteiger partial charge in [0.2, 0.25) is 5.91 Å². The van der Waals surface area contributed by atoms with Crippen molar-refractivity contribution in [2.45, 2.75) is 17.3 Å². The van der Waals surface area contributed by atoms with Crippen molar-refractivity contribution in [1.29, 1.82) is 0 Å². The average molecular weight is 413 g/mol. The normalized spacial score (nSPS) is 12.2. The van der Waals surface area contributed by atoms with E-state index in [-0.39, 0.29) is 11.9 Å². The second kappa shape index (κ2) is 8.16. The fourth-order valence-corrected chi connectivity index (χ4v) is 5.24. The second-order valence-electron chi connectivity index (χ2n) is 5.83. The van der Waals surface area contributed by atoms with Crippen molar-refractivity contribution in [3.05, 3.63) is 59.2 Å². The van der Waals surface area contributed by atoms with Gasteiger partial charge in [-0.1, -0.05) is 23.9 Å². The van der Waals surface area contributed by atoms with Gasteiger partial charge in [-0.05, 0) is 31.2 Å². The molecule has 3 heterocycles. The Kier molecular flexibility index (Phi) is 5.47. The third-order valence-corrected chi connectivity index (χ3v) is 7.05. The van der Waals surface area contributed by atoms with Gasteiger partial charge in [0, 0.05) is 23.3 Å². The predicted octanol–water partition coefficient (Wildman–Crippen LogP) is 4.78. The molecule has 0 radical (unpaired) electrons. The summed E-state index contributed by atoms with van der Waals surface area (Å²) in [6.45, 7) is 1.95. The maximum Gasteiger partial charge on any atom is 0.231 e. The van der Waals surface area contributed by atoms with E-state index >= 15 is 0 Å². The maximum absolute atomic E-state index is 12.3. The lowest BCUT2D eigenvalue weighted by molar-refractivity contribution is -0.119. The van der Waals surface area contributed by atoms with Crippen molar-refractivity contribution in [1.82, 2.24) is 20.3 Å². The van der Waals surface area contributed by atoms with Crippen molar-refractivity contribution in [2.75, 3.05) is 5.75 Å². The van der Waals surface area contributed by atoms with Crippen LogP contribution in [0.15, 0.2) is 58.5 Å². The smallest absolute Gasteiger partial charge is 0.231 e. The molecule has 0 spiro atoms. The predicted molar refractivity (Wildman–Crippen MR) is 112 cm³/mol. The van der Waals surface area contributed by atoms with E-state index in [0.29, 0.717) is 5.75 Å². The van der Waals surface area contributed by atoms with Gasteiger partial charge >= 0.3 is 0 Å². The molecule has 0 aliphatic rings. The Hall–Kier alpha value is -2.29. The van der Waals surface area contributed by atoms with Crippen LogP contribution in [0.1, 0.15) is 18.0 Å². The van der Waals surface area contributed by atoms with Crippen LogP contribution in [-0.4, -0.2) is 26.6 Å². The highest BCUT2D eigenvalue weighted by molar-refractivity contribution is 8.01. The number of carbonyl (C=O) groups is 1. The molecule has 8 heteroatoms. The number of amides is 1. The molecule has 0 saturated carbocycles. The maximum atomic E-state index is 12.3. The van der Waals surface area contributed by atoms with Crippen LogP contribution in [0.3, 0.4) is 0 Å². The van der Waals surface area contributed by atoms with E-state index in [9.17, 15) is 4.79 Å². The Labute approximate surface area is 168 Å². The summed E-state index contributed by atoms with van der Waals surface area (Å²) in [4.78, 5) is 25.5. The number of fused-ring (bicyclic) bond motifs is 1. The topological polar surface area (TPSA) is 67.8 Å². The first-order valence-corrected chi connectivity index (χ1v) is 11.0. The number of benzene rings is 1. The van der Waals surface area contributed by atoms with E-state index in [1.165, 1.54) is 11.8 Å². The first-order chi connectivity index (χ1) is 13.2. The molecule has 0 aliphatic carbocycles. The molecule has 4 aromatic rings. The number of nitrogens with zero attached hydrogens (tertiary/aromatic N) is 3. The number of pyridine rings is 1. The van der Waals surface area contributed by atoms with E-state index in [2.05, 4.69) is 20.3 Å². The summed E-state index contributed by atoms with van der Waals surface area (Å²) in [6, 6.07) is 11.7. The van der Waals surface area contributed by atoms with Gasteiger partial charge in [0.25, 0.3) is 0 Å². The highest BCUT2D eigenvalue weighted by atomic mass is 32.2. The lowest BCUT2D eigenvalue weighted by Gasteiger charge is -2.10. The number of carbonyl (C=O) groups excluding carboxylic acids is 1. The highest BCUT2D eigenvalue weighted by Crippen LogP contribution is 2.29. The SMILES string of the molecule is CC(NC(=O)CSc1nc2ccccc2s1)c1nc(-c2ccncc2)cs1. The molecule has 1 amide bonds. The average Bonchev–Trinajstić information content (AvgIpc) is 3.34. The molecule has 1 N–H and O–H groups in total. The Morgan fingerprint density at radius 3 is 2.81 bits per heavy atom. The largest absolute Gasteiger partial charge is 0.346 e. The van der Waals surface area contributed by atoms with Gasteiger partial charge in [-0.2, -0.15) is 0 Å². The van der Waals surface area contributed by atoms with Crippen LogP contribution in [0.5, 0.6) is 0 Å². The van der Waals surface area contributed by atoms with Gasteiger partial charge in [0.1, 0.15) is 5.01 Å². The lowest BCUT2D eigenvalue weighted by Crippen LogP contribution is -2.28. The highest BCUT2D eigenvalue weighted by Gasteiger charge is 2.15. The van der Waals surface area contributed by atoms with Gasteiger partial charge in [-0.25, -0.2) is 9.97 Å². The minimum atomic E-state index is -0.131. The Bertz CT molecular complexity index is 1030. The van der Waals surface area contributed by atoms with Crippen LogP contribution in [-0.2, 0) is 4.79 Å². The van der Waals surface area contributed by atoms with Crippen LogP contribution in [0.2, 0.25) is 0 Å². The molecule has 1 atom stereocenters. The van der Waals surface area contributed by atoms with Gasteiger partial charge in [0.05, 0.1) is 27.7 Å². The number of hydrogen-bond donors (Lipinski definition) is 1. The lowest BCUT2D eigenvalue weighted by atomic mass is 10.2. The van der Waals surface area contributed by atoms with Crippen molar-refractivity contribution < 1.29 is 4.79 Å². The van der Waals surface area contributed by atoms with Crippen LogP contribution in [0.25, 0.3) is 21.5 Å². The Morgan fingerprint density at radius 2 is 2.00 bits per heavy atom. The zero-order chi connectivity index (χ0) is 18.6. The van der Waals surface area contributed by atoms with Gasteiger partial charge in [-0.15, -0.1) is 22.7 Å². The first-order valence-electron chi connectivity index (χ1n) is 8.32. The van der Waals surface area contributed by atoms with Crippen LogP contribution in [0, 0.1) is 0 Å². The quantitative estimate of drug-likeness (QED) is 0.462. The molecular weight excluding hydrogens is 396 g/mol. The summed E-state index contributed by atoms with van der Waals surface area (Å²) in [5.74, 6) is 0.319. The molecular formula is C19H16N4OS3. The molecule has 1 aromatic carbocycles. The van der Waals surface area contributed by atoms with Gasteiger partial charge in [-0.3, -0.25) is 9.78 Å². The fraction of sp³-hybridized carbons (Fsp3) is 0.158. The van der Waals surface area contributed by atoms with Crippen molar-refractivity contribution in [3.63, 3.8) is 0 Å². The van der Waals surface area contributed by atoms with E-state index in [4.69, 9.17) is 0 Å². The van der Waals surface area contributed by atoms with E-state index in [1.54, 1.807) is 35.1 Å². The van der Waals surface area contributed by atoms with E-state index < -0.39 is 0 Å². The molecule has 3 aromatic heterocycles. The number of aromatic nitrogens is 3. The summed E-state index contributed by atoms with van der Waals surface area (Å²) < 4.78 is 2.05. The van der Waals surface area contributed by atoms with Gasteiger partial charge < -0.3 is 5.32 Å². The number of hydrogen-bond acceptors (Lipinski definition) is 7. The summed E-state index contributed by atoms with van der Waals surface area (Å²) >= 11 is 4.63. The minimum absolute atomic E-state index is 0.0209. The molecule has 136 valence electrons. The summed E-state index contributed by atoms with van der Waals surface area (Å²) in [6.07, 6.45) is 3.50. The van der Waals surface area contributed by atoms with Crippen molar-refractivity contribution in [3.8, 4) is 11.3 Å². The first kappa shape index (κ1) is 18.1. The molecule has 0 bridgehead atoms. The summed E-state index contributed by atoms with van der Waals surface area (Å²) in [5.41, 5.74) is 2.91. The zero-order valence-electron chi connectivity index (χ0n) is 14.5. The number of thiazole rings is 2. The fourth-order valence-electron chi connectivity index (χ4n) is 2.53. The number of rotatable bonds is 6. The van der Waals surface area contributed by atoms with Crippen LogP contribution in [0.4, 0.5) is 0 Å². The molecule has 0 saturated heterocycles. The van der Waals surface area contributed by atoms with Crippen molar-refractivity contribution >= 4 is 50.6 Å². The number of para-hydroxylation sites is 1. The Balaban J connectivity index is 1.34. The minimum Gasteiger partial charge on any atom is -0.346 e. The third-order valence-electron chi connectivity index (χ3n) is 3.85. The molecule has 0 fully saturated rings. The number of nitrogens with one attached hydrogen (secondary N) is 1. The summed E-state index contributed by atoms with van der Waals surface area (Å²) in [7, 11) is 0. The van der Waals surface area contributed by atoms with E-state index in [1.807, 2.05) is 48.7 Å². The molecule has 4 rings (SSSR count). The zero-order valence-corrected chi connectivity index (χ0v) is 16.9. The molecule has 1 unspecified atom stereocenters. The molecule has 5 nitrogen and oxygen atoms in total. The molecule has 27 heavy (non-hydrogen) atoms. The monoisotopic (exact) mass is 412 g/mol. The third kappa shape index (κ3) is 4.35. The summed E-state index contributed by atoms with van der Waals surface area (Å²) in [5, 5.41) is 5.91.